The lowest BCUT2D eigenvalue weighted by Gasteiger charge is -2.32. The van der Waals surface area contributed by atoms with Crippen molar-refractivity contribution in [2.45, 2.75) is 24.7 Å². The Bertz CT molecular complexity index is 1360. The fraction of sp³-hybridized carbons (Fsp3) is 0.250. The minimum Gasteiger partial charge on any atom is -0.497 e. The van der Waals surface area contributed by atoms with E-state index < -0.39 is 36.1 Å². The van der Waals surface area contributed by atoms with Crippen LogP contribution in [-0.4, -0.2) is 51.0 Å². The van der Waals surface area contributed by atoms with E-state index in [0.717, 1.165) is 5.56 Å². The van der Waals surface area contributed by atoms with Crippen molar-refractivity contribution in [3.05, 3.63) is 83.4 Å². The molecular weight excluding hydrogens is 494 g/mol. The van der Waals surface area contributed by atoms with Crippen LogP contribution in [0.25, 0.3) is 0 Å². The lowest BCUT2D eigenvalue weighted by molar-refractivity contribution is -0.143. The molecule has 0 aliphatic carbocycles. The predicted molar refractivity (Wildman–Crippen MR) is 133 cm³/mol. The third-order valence-corrected chi connectivity index (χ3v) is 6.26. The summed E-state index contributed by atoms with van der Waals surface area (Å²) >= 11 is 0. The number of amides is 1. The molecule has 3 atom stereocenters. The molecule has 196 valence electrons. The van der Waals surface area contributed by atoms with Crippen molar-refractivity contribution < 1.29 is 42.8 Å². The molecule has 2 aliphatic heterocycles. The minimum atomic E-state index is -1.36. The van der Waals surface area contributed by atoms with Gasteiger partial charge in [-0.3, -0.25) is 4.79 Å². The number of nitrogens with one attached hydrogen (secondary N) is 1. The summed E-state index contributed by atoms with van der Waals surface area (Å²) in [6.45, 7) is 0.0714. The molecule has 38 heavy (non-hydrogen) atoms. The first-order valence-corrected chi connectivity index (χ1v) is 11.8. The van der Waals surface area contributed by atoms with Crippen LogP contribution in [0.15, 0.2) is 66.7 Å². The van der Waals surface area contributed by atoms with Gasteiger partial charge in [-0.1, -0.05) is 36.4 Å². The zero-order valence-electron chi connectivity index (χ0n) is 20.7. The van der Waals surface area contributed by atoms with Gasteiger partial charge in [0.05, 0.1) is 19.8 Å². The minimum absolute atomic E-state index is 0.0714. The molecule has 3 aromatic rings. The van der Waals surface area contributed by atoms with E-state index >= 15 is 0 Å². The van der Waals surface area contributed by atoms with Gasteiger partial charge in [0.25, 0.3) is 0 Å². The second-order valence-electron chi connectivity index (χ2n) is 8.61. The van der Waals surface area contributed by atoms with Gasteiger partial charge in [0.1, 0.15) is 17.5 Å². The number of ether oxygens (including phenoxy) is 6. The zero-order chi connectivity index (χ0) is 26.6. The average Bonchev–Trinajstić information content (AvgIpc) is 3.42. The number of methoxy groups -OCH3 is 2. The summed E-state index contributed by atoms with van der Waals surface area (Å²) < 4.78 is 32.8. The van der Waals surface area contributed by atoms with Gasteiger partial charge in [0, 0.05) is 18.1 Å². The Labute approximate surface area is 218 Å². The number of alkyl carbamates (subject to hydrolysis) is 1. The molecule has 0 bridgehead atoms. The highest BCUT2D eigenvalue weighted by Crippen LogP contribution is 2.41. The number of carbonyl (C=O) groups is 3. The highest BCUT2D eigenvalue weighted by Gasteiger charge is 2.42. The maximum Gasteiger partial charge on any atom is 0.408 e. The van der Waals surface area contributed by atoms with E-state index in [-0.39, 0.29) is 24.5 Å². The molecule has 10 nitrogen and oxygen atoms in total. The first-order valence-electron chi connectivity index (χ1n) is 11.8. The lowest BCUT2D eigenvalue weighted by atomic mass is 9.93. The quantitative estimate of drug-likeness (QED) is 0.467. The summed E-state index contributed by atoms with van der Waals surface area (Å²) in [4.78, 5) is 39.0. The van der Waals surface area contributed by atoms with Crippen LogP contribution in [0.2, 0.25) is 0 Å². The van der Waals surface area contributed by atoms with Crippen molar-refractivity contribution in [3.63, 3.8) is 0 Å². The number of fused-ring (bicyclic) bond motifs is 2. The molecule has 3 aromatic carbocycles. The third kappa shape index (κ3) is 5.06. The molecule has 0 aromatic heterocycles. The normalized spacial score (nSPS) is 18.0. The number of hydrogen-bond acceptors (Lipinski definition) is 9. The topological polar surface area (TPSA) is 119 Å². The molecule has 2 heterocycles. The predicted octanol–water partition coefficient (Wildman–Crippen LogP) is 3.62. The molecule has 0 unspecified atom stereocenters. The van der Waals surface area contributed by atoms with Gasteiger partial charge in [-0.2, -0.15) is 0 Å². The van der Waals surface area contributed by atoms with Crippen LogP contribution in [0.3, 0.4) is 0 Å². The van der Waals surface area contributed by atoms with Crippen molar-refractivity contribution in [1.82, 2.24) is 5.32 Å². The van der Waals surface area contributed by atoms with Crippen LogP contribution >= 0.6 is 0 Å². The smallest absolute Gasteiger partial charge is 0.408 e. The second-order valence-corrected chi connectivity index (χ2v) is 8.61. The van der Waals surface area contributed by atoms with Crippen LogP contribution < -0.4 is 24.3 Å². The summed E-state index contributed by atoms with van der Waals surface area (Å²) in [6, 6.07) is 17.9. The van der Waals surface area contributed by atoms with E-state index in [9.17, 15) is 14.4 Å². The van der Waals surface area contributed by atoms with E-state index in [2.05, 4.69) is 5.32 Å². The maximum atomic E-state index is 13.6. The summed E-state index contributed by atoms with van der Waals surface area (Å²) in [6.07, 6.45) is -3.16. The van der Waals surface area contributed by atoms with Gasteiger partial charge in [-0.25, -0.2) is 9.59 Å². The molecule has 5 rings (SSSR count). The Morgan fingerprint density at radius 2 is 1.76 bits per heavy atom. The SMILES string of the molecule is COC(=O)[C@H](Cc1ccccc1)NC(=O)O[C@H]1C(=O)c2ccc(OC)cc2O[C@@H]1c1ccc2c(c1)OCO2. The van der Waals surface area contributed by atoms with Crippen LogP contribution in [0.5, 0.6) is 23.0 Å². The largest absolute Gasteiger partial charge is 0.497 e. The molecule has 0 radical (unpaired) electrons. The molecule has 1 N–H and O–H groups in total. The zero-order valence-corrected chi connectivity index (χ0v) is 20.7. The van der Waals surface area contributed by atoms with E-state index in [4.69, 9.17) is 28.4 Å². The van der Waals surface area contributed by atoms with Crippen LogP contribution in [0, 0.1) is 0 Å². The van der Waals surface area contributed by atoms with Crippen LogP contribution in [-0.2, 0) is 20.7 Å². The Morgan fingerprint density at radius 1 is 0.974 bits per heavy atom. The van der Waals surface area contributed by atoms with Gasteiger partial charge in [-0.05, 0) is 29.8 Å². The highest BCUT2D eigenvalue weighted by molar-refractivity contribution is 6.04. The number of rotatable bonds is 7. The standard InChI is InChI=1S/C28H25NO9/c1-33-18-9-10-19-22(14-18)37-25(17-8-11-21-23(13-17)36-15-35-21)26(24(19)30)38-28(32)29-20(27(31)34-2)12-16-6-4-3-5-7-16/h3-11,13-14,20,25-26H,12,15H2,1-2H3,(H,29,32)/t20-,25+,26-/m0/s1. The first-order chi connectivity index (χ1) is 18.5. The van der Waals surface area contributed by atoms with Crippen molar-refractivity contribution in [1.29, 1.82) is 0 Å². The summed E-state index contributed by atoms with van der Waals surface area (Å²) in [5.74, 6) is 0.696. The van der Waals surface area contributed by atoms with E-state index in [1.165, 1.54) is 14.2 Å². The number of Topliss-reactive ketones (excluding diaryl/α,β-unsaturated/α-hetero) is 1. The summed E-state index contributed by atoms with van der Waals surface area (Å²) in [7, 11) is 2.73. The Hall–Kier alpha value is -4.73. The molecule has 1 amide bonds. The summed E-state index contributed by atoms with van der Waals surface area (Å²) in [5, 5.41) is 2.53. The fourth-order valence-corrected chi connectivity index (χ4v) is 4.35. The molecule has 0 fully saturated rings. The number of esters is 1. The maximum absolute atomic E-state index is 13.6. The van der Waals surface area contributed by atoms with Crippen molar-refractivity contribution in [3.8, 4) is 23.0 Å². The molecule has 2 aliphatic rings. The number of benzene rings is 3. The Kier molecular flexibility index (Phi) is 7.03. The molecular formula is C28H25NO9. The summed E-state index contributed by atoms with van der Waals surface area (Å²) in [5.41, 5.74) is 1.57. The molecule has 0 saturated carbocycles. The van der Waals surface area contributed by atoms with Crippen LogP contribution in [0.4, 0.5) is 4.79 Å². The third-order valence-electron chi connectivity index (χ3n) is 6.26. The van der Waals surface area contributed by atoms with Crippen molar-refractivity contribution in [2.75, 3.05) is 21.0 Å². The fourth-order valence-electron chi connectivity index (χ4n) is 4.35. The number of hydrogen-bond donors (Lipinski definition) is 1. The Morgan fingerprint density at radius 3 is 2.53 bits per heavy atom. The molecule has 10 heteroatoms. The van der Waals surface area contributed by atoms with E-state index in [1.807, 2.05) is 30.3 Å². The van der Waals surface area contributed by atoms with Crippen molar-refractivity contribution >= 4 is 17.8 Å². The van der Waals surface area contributed by atoms with Gasteiger partial charge in [-0.15, -0.1) is 0 Å². The van der Waals surface area contributed by atoms with E-state index in [1.54, 1.807) is 36.4 Å². The highest BCUT2D eigenvalue weighted by atomic mass is 16.7. The second kappa shape index (κ2) is 10.7. The monoisotopic (exact) mass is 519 g/mol. The average molecular weight is 520 g/mol. The van der Waals surface area contributed by atoms with Crippen molar-refractivity contribution in [2.24, 2.45) is 0 Å². The van der Waals surface area contributed by atoms with Gasteiger partial charge < -0.3 is 33.7 Å². The molecule has 0 spiro atoms. The van der Waals surface area contributed by atoms with Gasteiger partial charge in [0.15, 0.2) is 17.6 Å². The lowest BCUT2D eigenvalue weighted by Crippen LogP contribution is -2.47. The van der Waals surface area contributed by atoms with Crippen LogP contribution in [0.1, 0.15) is 27.6 Å². The van der Waals surface area contributed by atoms with Gasteiger partial charge >= 0.3 is 12.1 Å². The molecule has 0 saturated heterocycles. The van der Waals surface area contributed by atoms with E-state index in [0.29, 0.717) is 22.8 Å². The Balaban J connectivity index is 1.42. The van der Waals surface area contributed by atoms with Gasteiger partial charge in [0.2, 0.25) is 18.7 Å². The number of carbonyl (C=O) groups excluding carboxylic acids is 3. The first kappa shape index (κ1) is 24.9. The number of ketones is 1.